The summed E-state index contributed by atoms with van der Waals surface area (Å²) < 4.78 is 5.11. The molecule has 0 radical (unpaired) electrons. The minimum Gasteiger partial charge on any atom is -0.497 e. The van der Waals surface area contributed by atoms with E-state index >= 15 is 0 Å². The van der Waals surface area contributed by atoms with Crippen molar-refractivity contribution in [2.45, 2.75) is 19.3 Å². The van der Waals surface area contributed by atoms with Gasteiger partial charge in [0.1, 0.15) is 5.75 Å². The second-order valence-electron chi connectivity index (χ2n) is 4.59. The maximum Gasteiger partial charge on any atom is 0.233 e. The number of nitrogens with two attached hydrogens (primary N) is 1. The zero-order chi connectivity index (χ0) is 12.9. The van der Waals surface area contributed by atoms with Crippen LogP contribution in [0.1, 0.15) is 19.4 Å². The highest BCUT2D eigenvalue weighted by Gasteiger charge is 2.21. The molecular formula is C13H21ClN2O2. The van der Waals surface area contributed by atoms with E-state index in [9.17, 15) is 4.79 Å². The first-order valence-corrected chi connectivity index (χ1v) is 5.61. The van der Waals surface area contributed by atoms with Gasteiger partial charge in [-0.1, -0.05) is 26.0 Å². The van der Waals surface area contributed by atoms with Gasteiger partial charge in [0.05, 0.1) is 13.7 Å². The molecule has 1 rings (SSSR count). The largest absolute Gasteiger partial charge is 0.497 e. The highest BCUT2D eigenvalue weighted by Crippen LogP contribution is 2.24. The van der Waals surface area contributed by atoms with E-state index in [1.165, 1.54) is 0 Å². The van der Waals surface area contributed by atoms with E-state index < -0.39 is 0 Å². The standard InChI is InChI=1S/C13H20N2O2.ClH/c1-13(2,9-15-12(16)8-14)10-4-6-11(17-3)7-5-10;/h4-7H,8-9,14H2,1-3H3,(H,15,16);1H. The molecule has 4 nitrogen and oxygen atoms in total. The molecule has 0 saturated heterocycles. The summed E-state index contributed by atoms with van der Waals surface area (Å²) in [6, 6.07) is 7.85. The number of benzene rings is 1. The molecular weight excluding hydrogens is 252 g/mol. The first-order chi connectivity index (χ1) is 7.99. The number of hydrogen-bond donors (Lipinski definition) is 2. The molecule has 1 aromatic carbocycles. The minimum absolute atomic E-state index is 0. The van der Waals surface area contributed by atoms with Gasteiger partial charge in [-0.15, -0.1) is 12.4 Å². The Labute approximate surface area is 114 Å². The van der Waals surface area contributed by atoms with Crippen molar-refractivity contribution in [1.29, 1.82) is 0 Å². The van der Waals surface area contributed by atoms with Crippen LogP contribution in [0.15, 0.2) is 24.3 Å². The zero-order valence-electron chi connectivity index (χ0n) is 11.0. The first-order valence-electron chi connectivity index (χ1n) is 5.61. The predicted molar refractivity (Wildman–Crippen MR) is 75.3 cm³/mol. The summed E-state index contributed by atoms with van der Waals surface area (Å²) in [5.74, 6) is 0.696. The normalized spacial score (nSPS) is 10.4. The number of ether oxygens (including phenoxy) is 1. The predicted octanol–water partition coefficient (Wildman–Crippen LogP) is 1.47. The Morgan fingerprint density at radius 1 is 1.33 bits per heavy atom. The van der Waals surface area contributed by atoms with Crippen LogP contribution in [0.2, 0.25) is 0 Å². The monoisotopic (exact) mass is 272 g/mol. The van der Waals surface area contributed by atoms with Gasteiger partial charge in [-0.25, -0.2) is 0 Å². The Balaban J connectivity index is 0.00000289. The molecule has 3 N–H and O–H groups in total. The number of amides is 1. The third kappa shape index (κ3) is 4.55. The highest BCUT2D eigenvalue weighted by atomic mass is 35.5. The van der Waals surface area contributed by atoms with E-state index in [2.05, 4.69) is 19.2 Å². The lowest BCUT2D eigenvalue weighted by Crippen LogP contribution is -2.39. The van der Waals surface area contributed by atoms with E-state index in [-0.39, 0.29) is 30.3 Å². The molecule has 0 aromatic heterocycles. The quantitative estimate of drug-likeness (QED) is 0.853. The zero-order valence-corrected chi connectivity index (χ0v) is 11.8. The number of hydrogen-bond acceptors (Lipinski definition) is 3. The van der Waals surface area contributed by atoms with Crippen molar-refractivity contribution in [1.82, 2.24) is 5.32 Å². The molecule has 5 heteroatoms. The molecule has 1 amide bonds. The van der Waals surface area contributed by atoms with Crippen LogP contribution < -0.4 is 15.8 Å². The average molecular weight is 273 g/mol. The molecule has 102 valence electrons. The molecule has 0 aliphatic rings. The second-order valence-corrected chi connectivity index (χ2v) is 4.59. The van der Waals surface area contributed by atoms with E-state index in [1.807, 2.05) is 24.3 Å². The minimum atomic E-state index is -0.133. The molecule has 1 aromatic rings. The fraction of sp³-hybridized carbons (Fsp3) is 0.462. The molecule has 0 heterocycles. The van der Waals surface area contributed by atoms with Crippen LogP contribution in [0.5, 0.6) is 5.75 Å². The lowest BCUT2D eigenvalue weighted by Gasteiger charge is -2.25. The van der Waals surface area contributed by atoms with Crippen molar-refractivity contribution in [3.63, 3.8) is 0 Å². The third-order valence-electron chi connectivity index (χ3n) is 2.78. The smallest absolute Gasteiger partial charge is 0.233 e. The molecule has 0 atom stereocenters. The molecule has 0 unspecified atom stereocenters. The van der Waals surface area contributed by atoms with Gasteiger partial charge in [0.2, 0.25) is 5.91 Å². The van der Waals surface area contributed by atoms with E-state index in [0.29, 0.717) is 6.54 Å². The Hall–Kier alpha value is -1.26. The number of carbonyl (C=O) groups is 1. The number of carbonyl (C=O) groups excluding carboxylic acids is 1. The summed E-state index contributed by atoms with van der Waals surface area (Å²) in [6.45, 7) is 4.74. The van der Waals surface area contributed by atoms with Crippen molar-refractivity contribution < 1.29 is 9.53 Å². The van der Waals surface area contributed by atoms with Crippen molar-refractivity contribution in [3.8, 4) is 5.75 Å². The molecule has 0 saturated carbocycles. The number of nitrogens with one attached hydrogen (secondary N) is 1. The maximum absolute atomic E-state index is 11.1. The molecule has 0 fully saturated rings. The van der Waals surface area contributed by atoms with Crippen LogP contribution in [0.3, 0.4) is 0 Å². The fourth-order valence-corrected chi connectivity index (χ4v) is 1.54. The maximum atomic E-state index is 11.1. The summed E-state index contributed by atoms with van der Waals surface area (Å²) in [5.41, 5.74) is 6.27. The van der Waals surface area contributed by atoms with Crippen LogP contribution in [0.4, 0.5) is 0 Å². The third-order valence-corrected chi connectivity index (χ3v) is 2.78. The van der Waals surface area contributed by atoms with E-state index in [4.69, 9.17) is 10.5 Å². The summed E-state index contributed by atoms with van der Waals surface area (Å²) in [5, 5.41) is 2.80. The number of halogens is 1. The van der Waals surface area contributed by atoms with Gasteiger partial charge in [-0.2, -0.15) is 0 Å². The summed E-state index contributed by atoms with van der Waals surface area (Å²) in [4.78, 5) is 11.1. The Bertz CT molecular complexity index is 377. The van der Waals surface area contributed by atoms with Gasteiger partial charge in [-0.05, 0) is 17.7 Å². The highest BCUT2D eigenvalue weighted by molar-refractivity contribution is 5.85. The van der Waals surface area contributed by atoms with Crippen molar-refractivity contribution in [3.05, 3.63) is 29.8 Å². The van der Waals surface area contributed by atoms with Crippen molar-refractivity contribution in [2.75, 3.05) is 20.2 Å². The van der Waals surface area contributed by atoms with E-state index in [1.54, 1.807) is 7.11 Å². The van der Waals surface area contributed by atoms with Gasteiger partial charge in [0, 0.05) is 12.0 Å². The Morgan fingerprint density at radius 3 is 2.33 bits per heavy atom. The van der Waals surface area contributed by atoms with Gasteiger partial charge in [-0.3, -0.25) is 4.79 Å². The van der Waals surface area contributed by atoms with Gasteiger partial charge >= 0.3 is 0 Å². The SMILES string of the molecule is COc1ccc(C(C)(C)CNC(=O)CN)cc1.Cl. The van der Waals surface area contributed by atoms with Crippen LogP contribution in [0.25, 0.3) is 0 Å². The van der Waals surface area contributed by atoms with Crippen molar-refractivity contribution in [2.24, 2.45) is 5.73 Å². The van der Waals surface area contributed by atoms with Gasteiger partial charge < -0.3 is 15.8 Å². The summed E-state index contributed by atoms with van der Waals surface area (Å²) in [6.07, 6.45) is 0. The lowest BCUT2D eigenvalue weighted by molar-refractivity contribution is -0.119. The Morgan fingerprint density at radius 2 is 1.89 bits per heavy atom. The van der Waals surface area contributed by atoms with E-state index in [0.717, 1.165) is 11.3 Å². The molecule has 18 heavy (non-hydrogen) atoms. The second kappa shape index (κ2) is 7.24. The fourth-order valence-electron chi connectivity index (χ4n) is 1.54. The summed E-state index contributed by atoms with van der Waals surface area (Å²) in [7, 11) is 1.64. The van der Waals surface area contributed by atoms with Gasteiger partial charge in [0.25, 0.3) is 0 Å². The average Bonchev–Trinajstić information content (AvgIpc) is 2.36. The summed E-state index contributed by atoms with van der Waals surface area (Å²) >= 11 is 0. The van der Waals surface area contributed by atoms with Gasteiger partial charge in [0.15, 0.2) is 0 Å². The van der Waals surface area contributed by atoms with Crippen LogP contribution in [0, 0.1) is 0 Å². The van der Waals surface area contributed by atoms with Crippen LogP contribution in [-0.4, -0.2) is 26.1 Å². The molecule has 0 spiro atoms. The van der Waals surface area contributed by atoms with Crippen molar-refractivity contribution >= 4 is 18.3 Å². The first kappa shape index (κ1) is 16.7. The number of rotatable bonds is 5. The number of methoxy groups -OCH3 is 1. The topological polar surface area (TPSA) is 64.3 Å². The lowest BCUT2D eigenvalue weighted by atomic mass is 9.84. The van der Waals surface area contributed by atoms with Crippen LogP contribution >= 0.6 is 12.4 Å². The molecule has 0 aliphatic heterocycles. The Kier molecular flexibility index (Phi) is 6.73. The molecule has 0 aliphatic carbocycles. The molecule has 0 bridgehead atoms. The van der Waals surface area contributed by atoms with Crippen LogP contribution in [-0.2, 0) is 10.2 Å².